The number of amides is 3. The number of fused-ring (bicyclic) bond motifs is 2. The van der Waals surface area contributed by atoms with Gasteiger partial charge in [0.1, 0.15) is 9.96 Å². The molecule has 3 N–H and O–H groups in total. The van der Waals surface area contributed by atoms with E-state index in [1.807, 2.05) is 13.8 Å². The average Bonchev–Trinajstić information content (AvgIpc) is 3.79. The molecule has 2 aliphatic rings. The molecule has 0 unspecified atom stereocenters. The Morgan fingerprint density at radius 1 is 1.08 bits per heavy atom. The fourth-order valence-corrected chi connectivity index (χ4v) is 7.66. The first-order valence-electron chi connectivity index (χ1n) is 16.3. The van der Waals surface area contributed by atoms with E-state index >= 15 is 0 Å². The molecule has 266 valence electrons. The topological polar surface area (TPSA) is 156 Å². The summed E-state index contributed by atoms with van der Waals surface area (Å²) < 4.78 is 52.1. The van der Waals surface area contributed by atoms with Crippen LogP contribution in [0.15, 0.2) is 58.1 Å². The molecular weight excluding hydrogens is 673 g/mol. The van der Waals surface area contributed by atoms with E-state index in [1.54, 1.807) is 60.6 Å². The molecule has 0 saturated carbocycles. The molecule has 2 aliphatic heterocycles. The normalized spacial score (nSPS) is 20.8. The Balaban J connectivity index is 1.38. The molecule has 49 heavy (non-hydrogen) atoms. The van der Waals surface area contributed by atoms with E-state index in [-0.39, 0.29) is 60.0 Å². The molecule has 3 amide bonds. The number of carbonyl (C=O) groups is 2. The number of sulfonamides is 1. The maximum Gasteiger partial charge on any atom is 0.321 e. The summed E-state index contributed by atoms with van der Waals surface area (Å²) in [6, 6.07) is 12.1. The van der Waals surface area contributed by atoms with E-state index in [0.29, 0.717) is 36.0 Å². The first-order valence-corrected chi connectivity index (χ1v) is 18.6. The van der Waals surface area contributed by atoms with Gasteiger partial charge in [0.2, 0.25) is 6.79 Å². The number of ether oxygens (including phenoxy) is 4. The van der Waals surface area contributed by atoms with E-state index in [1.165, 1.54) is 17.0 Å². The highest BCUT2D eigenvalue weighted by molar-refractivity contribution is 7.94. The quantitative estimate of drug-likeness (QED) is 0.284. The van der Waals surface area contributed by atoms with Crippen molar-refractivity contribution >= 4 is 44.7 Å². The van der Waals surface area contributed by atoms with Crippen molar-refractivity contribution in [2.45, 2.75) is 62.5 Å². The number of likely N-dealkylation sites (N-methyl/N-ethyl adjacent to an activating group) is 1. The number of nitrogens with zero attached hydrogens (tertiary/aromatic N) is 2. The predicted octanol–water partition coefficient (Wildman–Crippen LogP) is 5.24. The Morgan fingerprint density at radius 3 is 2.59 bits per heavy atom. The van der Waals surface area contributed by atoms with E-state index < -0.39 is 28.1 Å². The number of thiophene rings is 1. The molecule has 0 fully saturated rings. The van der Waals surface area contributed by atoms with Crippen molar-refractivity contribution < 1.29 is 42.1 Å². The number of anilines is 2. The van der Waals surface area contributed by atoms with Gasteiger partial charge in [-0.25, -0.2) is 13.2 Å². The highest BCUT2D eigenvalue weighted by atomic mass is 32.2. The number of urea groups is 1. The maximum absolute atomic E-state index is 14.4. The van der Waals surface area contributed by atoms with Gasteiger partial charge in [0.05, 0.1) is 30.4 Å². The van der Waals surface area contributed by atoms with E-state index in [4.69, 9.17) is 18.9 Å². The minimum Gasteiger partial charge on any atom is -0.490 e. The highest BCUT2D eigenvalue weighted by Crippen LogP contribution is 2.34. The minimum absolute atomic E-state index is 0.130. The van der Waals surface area contributed by atoms with Crippen LogP contribution in [0.5, 0.6) is 17.2 Å². The molecule has 4 atom stereocenters. The van der Waals surface area contributed by atoms with E-state index in [9.17, 15) is 23.1 Å². The summed E-state index contributed by atoms with van der Waals surface area (Å²) in [5.41, 5.74) is 0.931. The van der Waals surface area contributed by atoms with Crippen LogP contribution in [0.25, 0.3) is 0 Å². The molecule has 3 heterocycles. The summed E-state index contributed by atoms with van der Waals surface area (Å²) in [6.07, 6.45) is 1.56. The summed E-state index contributed by atoms with van der Waals surface area (Å²) in [7, 11) is -2.19. The third-order valence-electron chi connectivity index (χ3n) is 8.49. The van der Waals surface area contributed by atoms with Gasteiger partial charge in [0, 0.05) is 50.1 Å². The third kappa shape index (κ3) is 9.15. The van der Waals surface area contributed by atoms with Crippen LogP contribution in [-0.4, -0.2) is 93.7 Å². The predicted molar refractivity (Wildman–Crippen MR) is 186 cm³/mol. The number of aliphatic hydroxyl groups excluding tert-OH is 1. The van der Waals surface area contributed by atoms with E-state index in [0.717, 1.165) is 24.2 Å². The lowest BCUT2D eigenvalue weighted by atomic mass is 10.0. The molecule has 0 bridgehead atoms. The maximum atomic E-state index is 14.4. The number of hydrogen-bond acceptors (Lipinski definition) is 10. The minimum atomic E-state index is -3.87. The summed E-state index contributed by atoms with van der Waals surface area (Å²) >= 11 is 1.09. The van der Waals surface area contributed by atoms with Crippen molar-refractivity contribution in [2.24, 2.45) is 5.92 Å². The third-order valence-corrected chi connectivity index (χ3v) is 11.3. The second kappa shape index (κ2) is 16.1. The Morgan fingerprint density at radius 2 is 1.84 bits per heavy atom. The molecule has 0 saturated heterocycles. The molecule has 0 aliphatic carbocycles. The van der Waals surface area contributed by atoms with Crippen LogP contribution in [0.3, 0.4) is 0 Å². The van der Waals surface area contributed by atoms with Gasteiger partial charge in [-0.05, 0) is 74.9 Å². The van der Waals surface area contributed by atoms with Crippen molar-refractivity contribution in [2.75, 3.05) is 50.2 Å². The number of hydrogen-bond donors (Lipinski definition) is 3. The fourth-order valence-electron chi connectivity index (χ4n) is 5.62. The van der Waals surface area contributed by atoms with Gasteiger partial charge in [0.25, 0.3) is 15.9 Å². The van der Waals surface area contributed by atoms with Crippen molar-refractivity contribution in [3.63, 3.8) is 0 Å². The number of carbonyl (C=O) groups excluding carboxylic acids is 2. The van der Waals surface area contributed by atoms with Crippen molar-refractivity contribution in [3.8, 4) is 17.2 Å². The fraction of sp³-hybridized carbons (Fsp3) is 0.471. The lowest BCUT2D eigenvalue weighted by Gasteiger charge is -2.35. The molecule has 2 aromatic carbocycles. The van der Waals surface area contributed by atoms with Gasteiger partial charge in [-0.15, -0.1) is 11.3 Å². The number of rotatable bonds is 8. The Kier molecular flexibility index (Phi) is 11.9. The van der Waals surface area contributed by atoms with Crippen LogP contribution in [0.4, 0.5) is 16.2 Å². The average molecular weight is 717 g/mol. The van der Waals surface area contributed by atoms with Gasteiger partial charge >= 0.3 is 6.03 Å². The zero-order chi connectivity index (χ0) is 35.1. The SMILES string of the molecule is C[C@H](CO)N1C[C@H](C)[C@H](CN(C)C(=O)Nc2ccc3c(c2)OCO3)OCCCC[C@H](C)Oc2ccc(NS(=O)(=O)c3cccs3)cc2C1=O. The second-order valence-electron chi connectivity index (χ2n) is 12.4. The lowest BCUT2D eigenvalue weighted by Crippen LogP contribution is -2.48. The van der Waals surface area contributed by atoms with Crippen LogP contribution in [-0.2, 0) is 14.8 Å². The Bertz CT molecular complexity index is 1700. The lowest BCUT2D eigenvalue weighted by molar-refractivity contribution is -0.0115. The molecule has 15 heteroatoms. The Hall–Kier alpha value is -4.05. The zero-order valence-corrected chi connectivity index (χ0v) is 29.7. The van der Waals surface area contributed by atoms with Crippen LogP contribution < -0.4 is 24.2 Å². The van der Waals surface area contributed by atoms with Crippen LogP contribution in [0, 0.1) is 5.92 Å². The van der Waals surface area contributed by atoms with Gasteiger partial charge in [0.15, 0.2) is 11.5 Å². The van der Waals surface area contributed by atoms with Crippen LogP contribution >= 0.6 is 11.3 Å². The Labute approximate surface area is 291 Å². The molecular formula is C34H44N4O9S2. The molecule has 0 spiro atoms. The van der Waals surface area contributed by atoms with Crippen molar-refractivity contribution in [1.82, 2.24) is 9.80 Å². The zero-order valence-electron chi connectivity index (χ0n) is 28.1. The smallest absolute Gasteiger partial charge is 0.321 e. The van der Waals surface area contributed by atoms with Gasteiger partial charge in [-0.3, -0.25) is 9.52 Å². The standard InChI is InChI=1S/C34H44N4O9S2/c1-22-18-38(23(2)20-39)33(40)27-16-26(36-49(42,43)32-9-7-15-48-32)11-12-28(27)47-24(3)8-5-6-14-44-31(22)19-37(4)34(41)35-25-10-13-29-30(17-25)46-21-45-29/h7,9-13,15-17,22-24,31,36,39H,5-6,8,14,18-21H2,1-4H3,(H,35,41)/t22-,23+,24-,31-/m0/s1. The molecule has 3 aromatic rings. The van der Waals surface area contributed by atoms with Gasteiger partial charge < -0.3 is 39.2 Å². The van der Waals surface area contributed by atoms with Crippen molar-refractivity contribution in [1.29, 1.82) is 0 Å². The molecule has 5 rings (SSSR count). The largest absolute Gasteiger partial charge is 0.490 e. The molecule has 13 nitrogen and oxygen atoms in total. The number of benzene rings is 2. The monoisotopic (exact) mass is 716 g/mol. The highest BCUT2D eigenvalue weighted by Gasteiger charge is 2.31. The first kappa shape index (κ1) is 36.2. The van der Waals surface area contributed by atoms with E-state index in [2.05, 4.69) is 10.0 Å². The summed E-state index contributed by atoms with van der Waals surface area (Å²) in [6.45, 7) is 6.29. The van der Waals surface area contributed by atoms with Gasteiger partial charge in [-0.1, -0.05) is 13.0 Å². The first-order chi connectivity index (χ1) is 23.4. The molecule has 0 radical (unpaired) electrons. The van der Waals surface area contributed by atoms with Crippen LogP contribution in [0.2, 0.25) is 0 Å². The molecule has 1 aromatic heterocycles. The van der Waals surface area contributed by atoms with Crippen LogP contribution in [0.1, 0.15) is 50.4 Å². The van der Waals surface area contributed by atoms with Gasteiger partial charge in [-0.2, -0.15) is 0 Å². The number of nitrogens with one attached hydrogen (secondary N) is 2. The summed E-state index contributed by atoms with van der Waals surface area (Å²) in [4.78, 5) is 30.7. The second-order valence-corrected chi connectivity index (χ2v) is 15.3. The summed E-state index contributed by atoms with van der Waals surface area (Å²) in [5.74, 6) is 0.788. The number of aliphatic hydroxyl groups is 1. The summed E-state index contributed by atoms with van der Waals surface area (Å²) in [5, 5.41) is 14.8. The van der Waals surface area contributed by atoms with Crippen molar-refractivity contribution in [3.05, 3.63) is 59.5 Å².